The lowest BCUT2D eigenvalue weighted by molar-refractivity contribution is -0.117. The maximum atomic E-state index is 12.2. The third kappa shape index (κ3) is 4.11. The highest BCUT2D eigenvalue weighted by Gasteiger charge is 2.18. The first-order valence-electron chi connectivity index (χ1n) is 7.22. The predicted molar refractivity (Wildman–Crippen MR) is 88.9 cm³/mol. The van der Waals surface area contributed by atoms with Crippen LogP contribution in [0.3, 0.4) is 0 Å². The van der Waals surface area contributed by atoms with Crippen LogP contribution in [-0.4, -0.2) is 27.2 Å². The van der Waals surface area contributed by atoms with Crippen LogP contribution in [0.1, 0.15) is 24.8 Å². The fraction of sp³-hybridized carbons (Fsp3) is 0.467. The number of hydrogen-bond donors (Lipinski definition) is 1. The second-order valence-corrected chi connectivity index (χ2v) is 7.32. The Hall–Kier alpha value is -1.27. The smallest absolute Gasteiger partial charge is 0.225 e. The number of amides is 1. The number of anilines is 1. The number of nitrogens with zero attached hydrogens (tertiary/aromatic N) is 2. The number of thioether (sulfide) groups is 1. The standard InChI is InChI=1S/C15H19N3OS2/c19-15(9-12-2-6-20-7-3-12)17-14-1-5-16-18(14)10-13-4-8-21-11-13/h1,4-5,8,11-12H,2-3,6-7,9-10H2,(H,17,19). The molecular formula is C15H19N3OS2. The Morgan fingerprint density at radius 2 is 2.24 bits per heavy atom. The van der Waals surface area contributed by atoms with E-state index in [1.165, 1.54) is 17.1 Å². The van der Waals surface area contributed by atoms with Gasteiger partial charge in [0.1, 0.15) is 5.82 Å². The van der Waals surface area contributed by atoms with Crippen molar-refractivity contribution < 1.29 is 4.79 Å². The zero-order valence-electron chi connectivity index (χ0n) is 11.8. The van der Waals surface area contributed by atoms with Crippen molar-refractivity contribution in [2.24, 2.45) is 5.92 Å². The highest BCUT2D eigenvalue weighted by Crippen LogP contribution is 2.25. The molecule has 0 aliphatic carbocycles. The van der Waals surface area contributed by atoms with Crippen LogP contribution >= 0.6 is 23.1 Å². The molecule has 0 aromatic carbocycles. The molecule has 1 N–H and O–H groups in total. The van der Waals surface area contributed by atoms with Gasteiger partial charge in [-0.05, 0) is 52.7 Å². The lowest BCUT2D eigenvalue weighted by Gasteiger charge is -2.20. The molecule has 2 aromatic rings. The Bertz CT molecular complexity index is 574. The minimum atomic E-state index is 0.110. The summed E-state index contributed by atoms with van der Waals surface area (Å²) in [6, 6.07) is 3.94. The van der Waals surface area contributed by atoms with Crippen molar-refractivity contribution in [2.45, 2.75) is 25.8 Å². The third-order valence-electron chi connectivity index (χ3n) is 3.71. The number of carbonyl (C=O) groups is 1. The van der Waals surface area contributed by atoms with Crippen LogP contribution in [0.25, 0.3) is 0 Å². The van der Waals surface area contributed by atoms with Gasteiger partial charge in [0.15, 0.2) is 0 Å². The van der Waals surface area contributed by atoms with Gasteiger partial charge in [0, 0.05) is 12.5 Å². The van der Waals surface area contributed by atoms with E-state index in [1.807, 2.05) is 22.5 Å². The molecule has 0 bridgehead atoms. The Morgan fingerprint density at radius 3 is 3.00 bits per heavy atom. The summed E-state index contributed by atoms with van der Waals surface area (Å²) in [5.41, 5.74) is 1.21. The summed E-state index contributed by atoms with van der Waals surface area (Å²) in [6.45, 7) is 0.701. The third-order valence-corrected chi connectivity index (χ3v) is 5.49. The van der Waals surface area contributed by atoms with Crippen LogP contribution < -0.4 is 5.32 Å². The van der Waals surface area contributed by atoms with E-state index in [9.17, 15) is 4.79 Å². The summed E-state index contributed by atoms with van der Waals surface area (Å²) >= 11 is 3.66. The summed E-state index contributed by atoms with van der Waals surface area (Å²) in [5.74, 6) is 3.82. The second-order valence-electron chi connectivity index (χ2n) is 5.31. The van der Waals surface area contributed by atoms with Crippen LogP contribution in [0.15, 0.2) is 29.1 Å². The number of thiophene rings is 1. The molecule has 3 heterocycles. The first kappa shape index (κ1) is 14.7. The average Bonchev–Trinajstić information content (AvgIpc) is 3.13. The van der Waals surface area contributed by atoms with Gasteiger partial charge >= 0.3 is 0 Å². The Kier molecular flexibility index (Phi) is 4.98. The Morgan fingerprint density at radius 1 is 1.38 bits per heavy atom. The van der Waals surface area contributed by atoms with Crippen LogP contribution in [0.5, 0.6) is 0 Å². The molecular weight excluding hydrogens is 302 g/mol. The highest BCUT2D eigenvalue weighted by molar-refractivity contribution is 7.99. The number of rotatable bonds is 5. The molecule has 21 heavy (non-hydrogen) atoms. The van der Waals surface area contributed by atoms with E-state index in [-0.39, 0.29) is 5.91 Å². The molecule has 4 nitrogen and oxygen atoms in total. The van der Waals surface area contributed by atoms with Gasteiger partial charge in [-0.15, -0.1) is 0 Å². The molecule has 1 amide bonds. The van der Waals surface area contributed by atoms with Crippen LogP contribution in [0.2, 0.25) is 0 Å². The van der Waals surface area contributed by atoms with E-state index >= 15 is 0 Å². The van der Waals surface area contributed by atoms with Crippen LogP contribution in [-0.2, 0) is 11.3 Å². The Labute approximate surface area is 132 Å². The molecule has 6 heteroatoms. The zero-order valence-corrected chi connectivity index (χ0v) is 13.5. The zero-order chi connectivity index (χ0) is 14.5. The molecule has 2 aromatic heterocycles. The minimum absolute atomic E-state index is 0.110. The molecule has 112 valence electrons. The lowest BCUT2D eigenvalue weighted by Crippen LogP contribution is -2.21. The second kappa shape index (κ2) is 7.13. The monoisotopic (exact) mass is 321 g/mol. The van der Waals surface area contributed by atoms with E-state index in [0.717, 1.165) is 18.7 Å². The summed E-state index contributed by atoms with van der Waals surface area (Å²) < 4.78 is 1.84. The number of aromatic nitrogens is 2. The largest absolute Gasteiger partial charge is 0.311 e. The molecule has 0 unspecified atom stereocenters. The van der Waals surface area contributed by atoms with Crippen molar-refractivity contribution in [1.82, 2.24) is 9.78 Å². The van der Waals surface area contributed by atoms with Gasteiger partial charge in [0.05, 0.1) is 12.7 Å². The number of nitrogens with one attached hydrogen (secondary N) is 1. The lowest BCUT2D eigenvalue weighted by atomic mass is 9.98. The topological polar surface area (TPSA) is 46.9 Å². The van der Waals surface area contributed by atoms with E-state index in [1.54, 1.807) is 17.5 Å². The first-order chi connectivity index (χ1) is 10.3. The minimum Gasteiger partial charge on any atom is -0.311 e. The van der Waals surface area contributed by atoms with Crippen molar-refractivity contribution in [3.63, 3.8) is 0 Å². The van der Waals surface area contributed by atoms with E-state index in [2.05, 4.69) is 27.2 Å². The van der Waals surface area contributed by atoms with Crippen molar-refractivity contribution in [3.05, 3.63) is 34.7 Å². The first-order valence-corrected chi connectivity index (χ1v) is 9.31. The molecule has 3 rings (SSSR count). The van der Waals surface area contributed by atoms with Crippen LogP contribution in [0, 0.1) is 5.92 Å². The van der Waals surface area contributed by atoms with Gasteiger partial charge < -0.3 is 5.32 Å². The summed E-state index contributed by atoms with van der Waals surface area (Å²) in [7, 11) is 0. The van der Waals surface area contributed by atoms with Crippen molar-refractivity contribution in [3.8, 4) is 0 Å². The maximum Gasteiger partial charge on any atom is 0.225 e. The van der Waals surface area contributed by atoms with Crippen LogP contribution in [0.4, 0.5) is 5.82 Å². The maximum absolute atomic E-state index is 12.2. The SMILES string of the molecule is O=C(CC1CCSCC1)Nc1ccnn1Cc1ccsc1. The van der Waals surface area contributed by atoms with Gasteiger partial charge in [-0.2, -0.15) is 28.2 Å². The Balaban J connectivity index is 1.57. The fourth-order valence-corrected chi connectivity index (χ4v) is 4.39. The summed E-state index contributed by atoms with van der Waals surface area (Å²) in [5, 5.41) is 11.5. The van der Waals surface area contributed by atoms with Crippen molar-refractivity contribution in [2.75, 3.05) is 16.8 Å². The molecule has 1 aliphatic rings. The molecule has 0 radical (unpaired) electrons. The number of hydrogen-bond acceptors (Lipinski definition) is 4. The van der Waals surface area contributed by atoms with Gasteiger partial charge in [-0.3, -0.25) is 4.79 Å². The van der Waals surface area contributed by atoms with Gasteiger partial charge in [0.2, 0.25) is 5.91 Å². The van der Waals surface area contributed by atoms with Crippen molar-refractivity contribution >= 4 is 34.8 Å². The van der Waals surface area contributed by atoms with E-state index in [0.29, 0.717) is 18.9 Å². The van der Waals surface area contributed by atoms with Gasteiger partial charge in [-0.25, -0.2) is 4.68 Å². The molecule has 1 aliphatic heterocycles. The highest BCUT2D eigenvalue weighted by atomic mass is 32.2. The summed E-state index contributed by atoms with van der Waals surface area (Å²) in [6.07, 6.45) is 4.68. The molecule has 1 fully saturated rings. The molecule has 1 saturated heterocycles. The molecule has 0 saturated carbocycles. The van der Waals surface area contributed by atoms with Crippen molar-refractivity contribution in [1.29, 1.82) is 0 Å². The van der Waals surface area contributed by atoms with E-state index in [4.69, 9.17) is 0 Å². The number of carbonyl (C=O) groups excluding carboxylic acids is 1. The molecule has 0 atom stereocenters. The molecule has 0 spiro atoms. The fourth-order valence-electron chi connectivity index (χ4n) is 2.53. The normalized spacial score (nSPS) is 16.0. The predicted octanol–water partition coefficient (Wildman–Crippen LogP) is 3.46. The summed E-state index contributed by atoms with van der Waals surface area (Å²) in [4.78, 5) is 12.2. The average molecular weight is 321 g/mol. The van der Waals surface area contributed by atoms with Gasteiger partial charge in [0.25, 0.3) is 0 Å². The van der Waals surface area contributed by atoms with E-state index < -0.39 is 0 Å². The quantitative estimate of drug-likeness (QED) is 0.917. The van der Waals surface area contributed by atoms with Gasteiger partial charge in [-0.1, -0.05) is 0 Å².